The Morgan fingerprint density at radius 2 is 1.76 bits per heavy atom. The third-order valence-corrected chi connectivity index (χ3v) is 3.13. The van der Waals surface area contributed by atoms with E-state index in [4.69, 9.17) is 4.74 Å². The van der Waals surface area contributed by atoms with Gasteiger partial charge in [-0.2, -0.15) is 0 Å². The third kappa shape index (κ3) is 6.63. The Morgan fingerprint density at radius 1 is 1.14 bits per heavy atom. The van der Waals surface area contributed by atoms with Crippen LogP contribution in [0.3, 0.4) is 0 Å². The Morgan fingerprint density at radius 3 is 2.29 bits per heavy atom. The van der Waals surface area contributed by atoms with E-state index in [-0.39, 0.29) is 11.9 Å². The summed E-state index contributed by atoms with van der Waals surface area (Å²) in [6, 6.07) is 8.53. The van der Waals surface area contributed by atoms with Crippen LogP contribution in [-0.2, 0) is 11.2 Å². The van der Waals surface area contributed by atoms with Gasteiger partial charge in [0.25, 0.3) is 5.91 Å². The van der Waals surface area contributed by atoms with Crippen molar-refractivity contribution in [2.75, 3.05) is 6.54 Å². The molecular weight excluding hydrogens is 264 g/mol. The molecule has 1 amide bonds. The highest BCUT2D eigenvalue weighted by molar-refractivity contribution is 5.80. The summed E-state index contributed by atoms with van der Waals surface area (Å²) in [4.78, 5) is 11.8. The van der Waals surface area contributed by atoms with Crippen LogP contribution in [-0.4, -0.2) is 30.6 Å². The highest BCUT2D eigenvalue weighted by Crippen LogP contribution is 2.15. The van der Waals surface area contributed by atoms with Crippen LogP contribution in [0, 0.1) is 0 Å². The Labute approximate surface area is 128 Å². The molecule has 1 rings (SSSR count). The second-order valence-electron chi connectivity index (χ2n) is 5.73. The second kappa shape index (κ2) is 8.67. The summed E-state index contributed by atoms with van der Waals surface area (Å²) >= 11 is 0. The minimum atomic E-state index is -0.487. The lowest BCUT2D eigenvalue weighted by Gasteiger charge is -2.17. The molecule has 0 aliphatic rings. The number of nitrogens with one attached hydrogen (secondary N) is 2. The highest BCUT2D eigenvalue weighted by Gasteiger charge is 2.15. The Hall–Kier alpha value is -1.55. The van der Waals surface area contributed by atoms with Gasteiger partial charge in [-0.05, 0) is 58.4 Å². The molecule has 1 aromatic carbocycles. The van der Waals surface area contributed by atoms with E-state index in [1.54, 1.807) is 6.92 Å². The molecule has 0 fully saturated rings. The number of rotatable bonds is 8. The number of ether oxygens (including phenoxy) is 1. The molecule has 0 aliphatic heterocycles. The van der Waals surface area contributed by atoms with Crippen LogP contribution in [0.15, 0.2) is 24.3 Å². The van der Waals surface area contributed by atoms with Crippen molar-refractivity contribution >= 4 is 5.91 Å². The number of carbonyl (C=O) groups is 1. The molecule has 0 aromatic heterocycles. The van der Waals surface area contributed by atoms with Crippen molar-refractivity contribution in [2.24, 2.45) is 0 Å². The van der Waals surface area contributed by atoms with Crippen LogP contribution < -0.4 is 15.4 Å². The standard InChI is InChI=1S/C17H28N2O2/c1-6-18-13(4)11-15-7-9-16(10-8-15)21-14(5)17(20)19-12(2)3/h7-10,12-14,18H,6,11H2,1-5H3,(H,19,20). The minimum absolute atomic E-state index is 0.0881. The molecule has 0 bridgehead atoms. The van der Waals surface area contributed by atoms with Gasteiger partial charge in [0.05, 0.1) is 0 Å². The van der Waals surface area contributed by atoms with Crippen LogP contribution in [0.25, 0.3) is 0 Å². The van der Waals surface area contributed by atoms with E-state index in [0.29, 0.717) is 6.04 Å². The molecule has 2 N–H and O–H groups in total. The average molecular weight is 292 g/mol. The van der Waals surface area contributed by atoms with Crippen molar-refractivity contribution in [2.45, 2.75) is 59.2 Å². The number of benzene rings is 1. The van der Waals surface area contributed by atoms with Gasteiger partial charge in [-0.1, -0.05) is 19.1 Å². The average Bonchev–Trinajstić information content (AvgIpc) is 2.40. The van der Waals surface area contributed by atoms with Gasteiger partial charge in [0.2, 0.25) is 0 Å². The van der Waals surface area contributed by atoms with Gasteiger partial charge in [-0.3, -0.25) is 4.79 Å². The predicted molar refractivity (Wildman–Crippen MR) is 86.7 cm³/mol. The van der Waals surface area contributed by atoms with Crippen molar-refractivity contribution in [3.8, 4) is 5.75 Å². The van der Waals surface area contributed by atoms with Crippen molar-refractivity contribution < 1.29 is 9.53 Å². The summed E-state index contributed by atoms with van der Waals surface area (Å²) < 4.78 is 5.66. The first-order chi connectivity index (χ1) is 9.92. The van der Waals surface area contributed by atoms with Crippen LogP contribution in [0.1, 0.15) is 40.2 Å². The zero-order chi connectivity index (χ0) is 15.8. The van der Waals surface area contributed by atoms with Gasteiger partial charge in [-0.15, -0.1) is 0 Å². The molecule has 2 unspecified atom stereocenters. The molecule has 4 nitrogen and oxygen atoms in total. The fourth-order valence-corrected chi connectivity index (χ4v) is 2.14. The maximum Gasteiger partial charge on any atom is 0.260 e. The maximum absolute atomic E-state index is 11.8. The van der Waals surface area contributed by atoms with Gasteiger partial charge in [0, 0.05) is 12.1 Å². The van der Waals surface area contributed by atoms with E-state index < -0.39 is 6.10 Å². The van der Waals surface area contributed by atoms with E-state index >= 15 is 0 Å². The molecular formula is C17H28N2O2. The van der Waals surface area contributed by atoms with Crippen LogP contribution in [0.5, 0.6) is 5.75 Å². The van der Waals surface area contributed by atoms with Crippen LogP contribution >= 0.6 is 0 Å². The van der Waals surface area contributed by atoms with Crippen LogP contribution in [0.4, 0.5) is 0 Å². The first-order valence-electron chi connectivity index (χ1n) is 7.71. The normalized spacial score (nSPS) is 13.8. The third-order valence-electron chi connectivity index (χ3n) is 3.13. The van der Waals surface area contributed by atoms with E-state index in [9.17, 15) is 4.79 Å². The number of likely N-dealkylation sites (N-methyl/N-ethyl adjacent to an activating group) is 1. The van der Waals surface area contributed by atoms with E-state index in [1.165, 1.54) is 5.56 Å². The predicted octanol–water partition coefficient (Wildman–Crippen LogP) is 2.52. The molecule has 0 heterocycles. The minimum Gasteiger partial charge on any atom is -0.481 e. The lowest BCUT2D eigenvalue weighted by atomic mass is 10.1. The van der Waals surface area contributed by atoms with Gasteiger partial charge < -0.3 is 15.4 Å². The molecule has 0 saturated carbocycles. The lowest BCUT2D eigenvalue weighted by molar-refractivity contribution is -0.127. The summed E-state index contributed by atoms with van der Waals surface area (Å²) in [5.74, 6) is 0.635. The summed E-state index contributed by atoms with van der Waals surface area (Å²) in [7, 11) is 0. The van der Waals surface area contributed by atoms with Gasteiger partial charge in [-0.25, -0.2) is 0 Å². The van der Waals surface area contributed by atoms with Crippen molar-refractivity contribution in [1.82, 2.24) is 10.6 Å². The Bertz CT molecular complexity index is 429. The fourth-order valence-electron chi connectivity index (χ4n) is 2.14. The zero-order valence-corrected chi connectivity index (χ0v) is 13.8. The van der Waals surface area contributed by atoms with E-state index in [2.05, 4.69) is 36.6 Å². The van der Waals surface area contributed by atoms with Crippen LogP contribution in [0.2, 0.25) is 0 Å². The summed E-state index contributed by atoms with van der Waals surface area (Å²) in [5.41, 5.74) is 1.26. The first-order valence-corrected chi connectivity index (χ1v) is 7.71. The molecule has 118 valence electrons. The topological polar surface area (TPSA) is 50.4 Å². The van der Waals surface area contributed by atoms with Crippen molar-refractivity contribution in [3.63, 3.8) is 0 Å². The molecule has 0 radical (unpaired) electrons. The summed E-state index contributed by atoms with van der Waals surface area (Å²) in [6.45, 7) is 10.9. The highest BCUT2D eigenvalue weighted by atomic mass is 16.5. The fraction of sp³-hybridized carbons (Fsp3) is 0.588. The number of carbonyl (C=O) groups excluding carboxylic acids is 1. The Kier molecular flexibility index (Phi) is 7.23. The van der Waals surface area contributed by atoms with Crippen molar-refractivity contribution in [3.05, 3.63) is 29.8 Å². The molecule has 4 heteroatoms. The van der Waals surface area contributed by atoms with Crippen molar-refractivity contribution in [1.29, 1.82) is 0 Å². The molecule has 0 saturated heterocycles. The second-order valence-corrected chi connectivity index (χ2v) is 5.73. The summed E-state index contributed by atoms with van der Waals surface area (Å²) in [6.07, 6.45) is 0.497. The van der Waals surface area contributed by atoms with Gasteiger partial charge >= 0.3 is 0 Å². The van der Waals surface area contributed by atoms with E-state index in [1.807, 2.05) is 26.0 Å². The molecule has 2 atom stereocenters. The maximum atomic E-state index is 11.8. The van der Waals surface area contributed by atoms with Gasteiger partial charge in [0.1, 0.15) is 5.75 Å². The number of hydrogen-bond donors (Lipinski definition) is 2. The quantitative estimate of drug-likeness (QED) is 0.774. The number of amides is 1. The smallest absolute Gasteiger partial charge is 0.260 e. The zero-order valence-electron chi connectivity index (χ0n) is 13.8. The molecule has 21 heavy (non-hydrogen) atoms. The van der Waals surface area contributed by atoms with Gasteiger partial charge in [0.15, 0.2) is 6.10 Å². The largest absolute Gasteiger partial charge is 0.481 e. The number of hydrogen-bond acceptors (Lipinski definition) is 3. The molecule has 0 spiro atoms. The lowest BCUT2D eigenvalue weighted by Crippen LogP contribution is -2.40. The Balaban J connectivity index is 2.52. The first kappa shape index (κ1) is 17.5. The summed E-state index contributed by atoms with van der Waals surface area (Å²) in [5, 5.41) is 6.23. The molecule has 0 aliphatic carbocycles. The SMILES string of the molecule is CCNC(C)Cc1ccc(OC(C)C(=O)NC(C)C)cc1. The monoisotopic (exact) mass is 292 g/mol. The molecule has 1 aromatic rings. The van der Waals surface area contributed by atoms with E-state index in [0.717, 1.165) is 18.7 Å².